The maximum absolute atomic E-state index is 9.59. The maximum atomic E-state index is 9.59. The van der Waals surface area contributed by atoms with Crippen LogP contribution in [0.3, 0.4) is 0 Å². The SMILES string of the molecule is C1[CH2][Bi+][CH2]1.CCC(O)O[S-](=O)=O. The molecule has 0 aromatic carbocycles. The average Bonchev–Trinajstić information content (AvgIpc) is 1.82. The minimum atomic E-state index is -2.60. The van der Waals surface area contributed by atoms with E-state index in [9.17, 15) is 8.42 Å². The van der Waals surface area contributed by atoms with E-state index in [1.165, 1.54) is 0 Å². The Labute approximate surface area is 86.0 Å². The smallest absolute Gasteiger partial charge is 0.139 e. The van der Waals surface area contributed by atoms with Gasteiger partial charge in [-0.2, -0.15) is 0 Å². The molecule has 1 fully saturated rings. The van der Waals surface area contributed by atoms with Crippen LogP contribution in [0, 0.1) is 0 Å². The van der Waals surface area contributed by atoms with Crippen molar-refractivity contribution in [2.75, 3.05) is 0 Å². The predicted molar refractivity (Wildman–Crippen MR) is 46.1 cm³/mol. The first-order chi connectivity index (χ1) is 5.66. The van der Waals surface area contributed by atoms with Gasteiger partial charge in [0.1, 0.15) is 6.29 Å². The van der Waals surface area contributed by atoms with Gasteiger partial charge in [-0.3, -0.25) is 0 Å². The fourth-order valence-electron chi connectivity index (χ4n) is 0.317. The van der Waals surface area contributed by atoms with Crippen molar-refractivity contribution in [1.82, 2.24) is 0 Å². The van der Waals surface area contributed by atoms with Gasteiger partial charge in [0.2, 0.25) is 0 Å². The Morgan fingerprint density at radius 1 is 1.58 bits per heavy atom. The summed E-state index contributed by atoms with van der Waals surface area (Å²) >= 11 is 0.336. The number of aliphatic hydroxyl groups is 1. The van der Waals surface area contributed by atoms with Crippen molar-refractivity contribution >= 4 is 34.2 Å². The zero-order valence-electron chi connectivity index (χ0n) is 6.93. The molecule has 1 aliphatic heterocycles. The molecule has 4 nitrogen and oxygen atoms in total. The van der Waals surface area contributed by atoms with Crippen LogP contribution in [0.15, 0.2) is 0 Å². The normalized spacial score (nSPS) is 17.6. The molecule has 1 N–H and O–H groups in total. The van der Waals surface area contributed by atoms with Crippen LogP contribution in [0.25, 0.3) is 0 Å². The molecule has 6 heteroatoms. The van der Waals surface area contributed by atoms with Gasteiger partial charge < -0.3 is 17.7 Å². The molecule has 2 radical (unpaired) electrons. The molecule has 0 bridgehead atoms. The molecule has 1 aliphatic rings. The topological polar surface area (TPSA) is 63.6 Å². The molecule has 1 unspecified atom stereocenters. The fourth-order valence-corrected chi connectivity index (χ4v) is 1.86. The number of hydrogen-bond donors (Lipinski definition) is 1. The largest absolute Gasteiger partial charge is 0.399 e. The number of hydrogen-bond acceptors (Lipinski definition) is 5. The summed E-state index contributed by atoms with van der Waals surface area (Å²) in [6, 6.07) is 0. The quantitative estimate of drug-likeness (QED) is 0.442. The van der Waals surface area contributed by atoms with Crippen molar-refractivity contribution < 1.29 is 17.7 Å². The van der Waals surface area contributed by atoms with Crippen LogP contribution in [0.4, 0.5) is 0 Å². The Kier molecular flexibility index (Phi) is 8.88. The van der Waals surface area contributed by atoms with Crippen molar-refractivity contribution in [3.63, 3.8) is 0 Å². The van der Waals surface area contributed by atoms with Crippen molar-refractivity contribution in [1.29, 1.82) is 0 Å². The van der Waals surface area contributed by atoms with E-state index in [2.05, 4.69) is 4.18 Å². The number of rotatable bonds is 3. The van der Waals surface area contributed by atoms with Crippen LogP contribution >= 0.6 is 0 Å². The summed E-state index contributed by atoms with van der Waals surface area (Å²) < 4.78 is 26.4. The molecule has 1 heterocycles. The van der Waals surface area contributed by atoms with Gasteiger partial charge >= 0.3 is 37.9 Å². The van der Waals surface area contributed by atoms with Crippen molar-refractivity contribution in [3.8, 4) is 0 Å². The third-order valence-electron chi connectivity index (χ3n) is 1.17. The summed E-state index contributed by atoms with van der Waals surface area (Å²) in [5, 5.41) is 8.41. The standard InChI is InChI=1S/C3H7O4S.C3H6.Bi/c1-2-3(4)7-8(5)6;1-3-2;/h3-4H,2H2,1H3;1-3H2;/q-1;;+1. The summed E-state index contributed by atoms with van der Waals surface area (Å²) in [6.45, 7) is 1.61. The molecular weight excluding hydrogens is 377 g/mol. The minimum Gasteiger partial charge on any atom is -0.399 e. The van der Waals surface area contributed by atoms with E-state index < -0.39 is 17.3 Å². The monoisotopic (exact) mass is 390 g/mol. The van der Waals surface area contributed by atoms with Gasteiger partial charge in [-0.1, -0.05) is 6.92 Å². The van der Waals surface area contributed by atoms with Gasteiger partial charge in [0.25, 0.3) is 0 Å². The van der Waals surface area contributed by atoms with Gasteiger partial charge in [0.05, 0.1) is 11.0 Å². The first-order valence-corrected chi connectivity index (χ1v) is 9.66. The zero-order chi connectivity index (χ0) is 9.40. The number of aliphatic hydroxyl groups excluding tert-OH is 1. The van der Waals surface area contributed by atoms with Crippen LogP contribution in [0.2, 0.25) is 8.26 Å². The fraction of sp³-hybridized carbons (Fsp3) is 1.00. The second-order valence-corrected chi connectivity index (χ2v) is 8.00. The van der Waals surface area contributed by atoms with E-state index in [1.807, 2.05) is 0 Å². The van der Waals surface area contributed by atoms with Gasteiger partial charge in [0.15, 0.2) is 0 Å². The van der Waals surface area contributed by atoms with E-state index in [0.29, 0.717) is 23.2 Å². The van der Waals surface area contributed by atoms with Crippen LogP contribution in [0.5, 0.6) is 0 Å². The first kappa shape index (κ1) is 12.8. The molecule has 0 saturated carbocycles. The van der Waals surface area contributed by atoms with Gasteiger partial charge in [-0.25, -0.2) is 0 Å². The van der Waals surface area contributed by atoms with Gasteiger partial charge in [-0.05, 0) is 6.42 Å². The minimum absolute atomic E-state index is 0.272. The third-order valence-corrected chi connectivity index (χ3v) is 6.47. The second-order valence-electron chi connectivity index (χ2n) is 2.19. The molecule has 0 amide bonds. The van der Waals surface area contributed by atoms with Crippen LogP contribution in [-0.4, -0.2) is 34.6 Å². The molecule has 1 saturated heterocycles. The molecule has 0 aromatic heterocycles. The van der Waals surface area contributed by atoms with Crippen molar-refractivity contribution in [2.45, 2.75) is 34.3 Å². The van der Waals surface area contributed by atoms with Crippen LogP contribution in [0.1, 0.15) is 19.8 Å². The van der Waals surface area contributed by atoms with Crippen LogP contribution in [-0.2, 0) is 23.6 Å². The maximum Gasteiger partial charge on any atom is 0.139 e. The Balaban J connectivity index is 0.000000247. The van der Waals surface area contributed by atoms with Gasteiger partial charge in [-0.15, -0.1) is 0 Å². The predicted octanol–water partition coefficient (Wildman–Crippen LogP) is 0.887. The van der Waals surface area contributed by atoms with E-state index in [0.717, 1.165) is 0 Å². The first-order valence-electron chi connectivity index (χ1n) is 3.74. The molecule has 0 aliphatic carbocycles. The van der Waals surface area contributed by atoms with E-state index >= 15 is 0 Å². The molecule has 72 valence electrons. The summed E-state index contributed by atoms with van der Waals surface area (Å²) in [5.41, 5.74) is 0. The Hall–Kier alpha value is 0.753. The Morgan fingerprint density at radius 3 is 2.08 bits per heavy atom. The third kappa shape index (κ3) is 8.85. The summed E-state index contributed by atoms with van der Waals surface area (Å²) in [7, 11) is -2.60. The molecule has 12 heavy (non-hydrogen) atoms. The Morgan fingerprint density at radius 2 is 2.00 bits per heavy atom. The summed E-state index contributed by atoms with van der Waals surface area (Å²) in [4.78, 5) is 0. The zero-order valence-corrected chi connectivity index (χ0v) is 11.2. The molecular formula is C6H13BiO4S. The molecule has 1 rings (SSSR count). The Bertz CT molecular complexity index is 155. The molecule has 1 atom stereocenters. The van der Waals surface area contributed by atoms with E-state index in [-0.39, 0.29) is 6.42 Å². The second kappa shape index (κ2) is 8.36. The van der Waals surface area contributed by atoms with Gasteiger partial charge in [0, 0.05) is 0 Å². The average molecular weight is 390 g/mol. The molecule has 0 aromatic rings. The van der Waals surface area contributed by atoms with Crippen molar-refractivity contribution in [2.24, 2.45) is 0 Å². The van der Waals surface area contributed by atoms with E-state index in [1.54, 1.807) is 21.6 Å². The van der Waals surface area contributed by atoms with Crippen molar-refractivity contribution in [3.05, 3.63) is 0 Å². The molecule has 0 spiro atoms. The van der Waals surface area contributed by atoms with E-state index in [4.69, 9.17) is 5.11 Å². The van der Waals surface area contributed by atoms with Crippen LogP contribution < -0.4 is 0 Å². The summed E-state index contributed by atoms with van der Waals surface area (Å²) in [5.74, 6) is 0. The summed E-state index contributed by atoms with van der Waals surface area (Å²) in [6.07, 6.45) is 0.665.